The van der Waals surface area contributed by atoms with Crippen molar-refractivity contribution in [2.45, 2.75) is 44.2 Å². The average molecular weight is 523 g/mol. The van der Waals surface area contributed by atoms with Gasteiger partial charge in [0.25, 0.3) is 5.56 Å². The van der Waals surface area contributed by atoms with Gasteiger partial charge in [-0.25, -0.2) is 15.1 Å². The highest BCUT2D eigenvalue weighted by Crippen LogP contribution is 2.31. The molecular formula is C20H23F6N7O3. The number of aromatic amines is 1. The molecule has 0 spiro atoms. The van der Waals surface area contributed by atoms with Crippen LogP contribution in [0.2, 0.25) is 0 Å². The van der Waals surface area contributed by atoms with Crippen LogP contribution in [0, 0.1) is 0 Å². The predicted octanol–water partition coefficient (Wildman–Crippen LogP) is 2.20. The first kappa shape index (κ1) is 27.2. The Morgan fingerprint density at radius 2 is 1.78 bits per heavy atom. The van der Waals surface area contributed by atoms with Crippen molar-refractivity contribution in [1.29, 1.82) is 0 Å². The van der Waals surface area contributed by atoms with Crippen LogP contribution in [-0.4, -0.2) is 64.5 Å². The summed E-state index contributed by atoms with van der Waals surface area (Å²) < 4.78 is 82.5. The first-order valence-electron chi connectivity index (χ1n) is 10.8. The van der Waals surface area contributed by atoms with Crippen molar-refractivity contribution in [2.24, 2.45) is 0 Å². The molecule has 1 unspecified atom stereocenters. The zero-order chi connectivity index (χ0) is 26.5. The molecule has 1 atom stereocenters. The highest BCUT2D eigenvalue weighted by molar-refractivity contribution is 5.77. The number of nitrogens with one attached hydrogen (secondary N) is 3. The second-order valence-corrected chi connectivity index (χ2v) is 8.14. The maximum atomic E-state index is 13.1. The number of carbonyl (C=O) groups is 1. The summed E-state index contributed by atoms with van der Waals surface area (Å²) in [7, 11) is 0. The number of halogens is 6. The normalized spacial score (nSPS) is 16.0. The lowest BCUT2D eigenvalue weighted by Crippen LogP contribution is -2.46. The number of H-pyrrole nitrogens is 1. The summed E-state index contributed by atoms with van der Waals surface area (Å²) in [4.78, 5) is 32.9. The fraction of sp³-hybridized carbons (Fsp3) is 0.550. The van der Waals surface area contributed by atoms with Gasteiger partial charge in [0.15, 0.2) is 0 Å². The van der Waals surface area contributed by atoms with E-state index in [1.807, 2.05) is 0 Å². The Morgan fingerprint density at radius 1 is 1.14 bits per heavy atom. The Morgan fingerprint density at radius 3 is 2.36 bits per heavy atom. The SMILES string of the molecule is CC(COCC(=O)NC1CCN(c2ncc(C(F)(F)F)cn2)CC1)Nc1cn[nH]c(=O)c1C(F)(F)F. The first-order valence-corrected chi connectivity index (χ1v) is 10.8. The molecule has 3 N–H and O–H groups in total. The lowest BCUT2D eigenvalue weighted by molar-refractivity contribution is -0.139. The van der Waals surface area contributed by atoms with Gasteiger partial charge in [0.1, 0.15) is 12.2 Å². The third-order valence-electron chi connectivity index (χ3n) is 5.25. The number of piperidine rings is 1. The van der Waals surface area contributed by atoms with Crippen molar-refractivity contribution in [2.75, 3.05) is 36.5 Å². The molecule has 1 saturated heterocycles. The van der Waals surface area contributed by atoms with Gasteiger partial charge in [-0.2, -0.15) is 31.4 Å². The summed E-state index contributed by atoms with van der Waals surface area (Å²) in [6.45, 7) is 1.89. The fourth-order valence-electron chi connectivity index (χ4n) is 3.55. The van der Waals surface area contributed by atoms with Gasteiger partial charge in [-0.15, -0.1) is 0 Å². The summed E-state index contributed by atoms with van der Waals surface area (Å²) in [5.74, 6) is -0.262. The molecule has 0 radical (unpaired) electrons. The van der Waals surface area contributed by atoms with E-state index >= 15 is 0 Å². The molecule has 198 valence electrons. The number of aromatic nitrogens is 4. The zero-order valence-electron chi connectivity index (χ0n) is 18.9. The predicted molar refractivity (Wildman–Crippen MR) is 114 cm³/mol. The molecule has 2 aromatic heterocycles. The molecule has 0 aliphatic carbocycles. The van der Waals surface area contributed by atoms with E-state index in [-0.39, 0.29) is 25.2 Å². The highest BCUT2D eigenvalue weighted by Gasteiger charge is 2.37. The smallest absolute Gasteiger partial charge is 0.378 e. The van der Waals surface area contributed by atoms with Gasteiger partial charge in [0.2, 0.25) is 11.9 Å². The van der Waals surface area contributed by atoms with Gasteiger partial charge in [0, 0.05) is 37.6 Å². The average Bonchev–Trinajstić information content (AvgIpc) is 2.78. The quantitative estimate of drug-likeness (QED) is 0.450. The number of carbonyl (C=O) groups excluding carboxylic acids is 1. The summed E-state index contributed by atoms with van der Waals surface area (Å²) in [6.07, 6.45) is -6.11. The van der Waals surface area contributed by atoms with E-state index in [0.717, 1.165) is 18.6 Å². The molecule has 3 rings (SSSR count). The molecule has 0 aromatic carbocycles. The van der Waals surface area contributed by atoms with Crippen LogP contribution in [0.5, 0.6) is 0 Å². The van der Waals surface area contributed by atoms with Crippen molar-refractivity contribution in [3.8, 4) is 0 Å². The minimum absolute atomic E-state index is 0.124. The number of alkyl halides is 6. The number of rotatable bonds is 8. The van der Waals surface area contributed by atoms with Crippen LogP contribution in [0.25, 0.3) is 0 Å². The van der Waals surface area contributed by atoms with Crippen LogP contribution in [-0.2, 0) is 21.9 Å². The number of hydrogen-bond donors (Lipinski definition) is 3. The topological polar surface area (TPSA) is 125 Å². The van der Waals surface area contributed by atoms with Crippen LogP contribution < -0.4 is 21.1 Å². The largest absolute Gasteiger partial charge is 0.423 e. The fourth-order valence-corrected chi connectivity index (χ4v) is 3.55. The molecule has 3 heterocycles. The lowest BCUT2D eigenvalue weighted by Gasteiger charge is -2.32. The zero-order valence-corrected chi connectivity index (χ0v) is 18.9. The molecule has 0 saturated carbocycles. The molecule has 16 heteroatoms. The minimum Gasteiger partial charge on any atom is -0.378 e. The Kier molecular flexibility index (Phi) is 8.37. The van der Waals surface area contributed by atoms with Crippen molar-refractivity contribution in [3.05, 3.63) is 40.1 Å². The molecule has 36 heavy (non-hydrogen) atoms. The number of ether oxygens (including phenoxy) is 1. The third-order valence-corrected chi connectivity index (χ3v) is 5.25. The van der Waals surface area contributed by atoms with E-state index in [1.54, 1.807) is 10.00 Å². The molecule has 1 amide bonds. The van der Waals surface area contributed by atoms with E-state index in [4.69, 9.17) is 4.74 Å². The summed E-state index contributed by atoms with van der Waals surface area (Å²) in [5.41, 5.74) is -4.23. The van der Waals surface area contributed by atoms with E-state index < -0.39 is 46.7 Å². The monoisotopic (exact) mass is 523 g/mol. The molecule has 1 fully saturated rings. The Hall–Kier alpha value is -3.43. The van der Waals surface area contributed by atoms with Crippen LogP contribution in [0.1, 0.15) is 30.9 Å². The number of hydrogen-bond acceptors (Lipinski definition) is 8. The highest BCUT2D eigenvalue weighted by atomic mass is 19.4. The first-order chi connectivity index (χ1) is 16.8. The van der Waals surface area contributed by atoms with Gasteiger partial charge < -0.3 is 20.3 Å². The number of amides is 1. The second kappa shape index (κ2) is 11.1. The van der Waals surface area contributed by atoms with E-state index in [0.29, 0.717) is 25.9 Å². The van der Waals surface area contributed by atoms with Gasteiger partial charge >= 0.3 is 12.4 Å². The molecule has 0 bridgehead atoms. The van der Waals surface area contributed by atoms with Crippen molar-refractivity contribution < 1.29 is 35.9 Å². The summed E-state index contributed by atoms with van der Waals surface area (Å²) in [6, 6.07) is -0.867. The Balaban J connectivity index is 1.40. The lowest BCUT2D eigenvalue weighted by atomic mass is 10.1. The standard InChI is InChI=1S/C20H23F6N7O3/c1-11(30-14-8-29-32-17(35)16(14)20(24,25)26)9-36-10-15(34)31-13-2-4-33(5-3-13)18-27-6-12(7-28-18)19(21,22)23/h6-8,11,13H,2-5,9-10H2,1H3,(H,31,34)(H2,30,32,35). The van der Waals surface area contributed by atoms with Crippen molar-refractivity contribution in [1.82, 2.24) is 25.5 Å². The summed E-state index contributed by atoms with van der Waals surface area (Å²) >= 11 is 0. The summed E-state index contributed by atoms with van der Waals surface area (Å²) in [5, 5.41) is 10.4. The molecule has 2 aromatic rings. The van der Waals surface area contributed by atoms with Gasteiger partial charge in [-0.1, -0.05) is 0 Å². The van der Waals surface area contributed by atoms with E-state index in [9.17, 15) is 35.9 Å². The third kappa shape index (κ3) is 7.29. The number of anilines is 2. The molecule has 10 nitrogen and oxygen atoms in total. The van der Waals surface area contributed by atoms with Crippen molar-refractivity contribution >= 4 is 17.5 Å². The van der Waals surface area contributed by atoms with Crippen LogP contribution in [0.4, 0.5) is 38.0 Å². The van der Waals surface area contributed by atoms with Crippen molar-refractivity contribution in [3.63, 3.8) is 0 Å². The maximum absolute atomic E-state index is 13.1. The molecular weight excluding hydrogens is 500 g/mol. The maximum Gasteiger partial charge on any atom is 0.423 e. The van der Waals surface area contributed by atoms with Crippen LogP contribution in [0.15, 0.2) is 23.4 Å². The van der Waals surface area contributed by atoms with Crippen LogP contribution >= 0.6 is 0 Å². The Labute approximate surface area is 200 Å². The molecule has 1 aliphatic heterocycles. The number of nitrogens with zero attached hydrogens (tertiary/aromatic N) is 4. The van der Waals surface area contributed by atoms with Crippen LogP contribution in [0.3, 0.4) is 0 Å². The Bertz CT molecular complexity index is 1080. The van der Waals surface area contributed by atoms with Gasteiger partial charge in [-0.05, 0) is 19.8 Å². The minimum atomic E-state index is -4.88. The van der Waals surface area contributed by atoms with E-state index in [1.165, 1.54) is 6.92 Å². The molecule has 1 aliphatic rings. The van der Waals surface area contributed by atoms with Gasteiger partial charge in [0.05, 0.1) is 24.1 Å². The van der Waals surface area contributed by atoms with E-state index in [2.05, 4.69) is 25.7 Å². The van der Waals surface area contributed by atoms with Gasteiger partial charge in [-0.3, -0.25) is 9.59 Å². The second-order valence-electron chi connectivity index (χ2n) is 8.14.